The molecule has 2 N–H and O–H groups in total. The number of hydrogen-bond acceptors (Lipinski definition) is 3. The molecule has 1 aromatic rings. The monoisotopic (exact) mass is 269 g/mol. The maximum absolute atomic E-state index is 13.8. The molecule has 0 radical (unpaired) electrons. The molecule has 0 aliphatic heterocycles. The fourth-order valence-corrected chi connectivity index (χ4v) is 1.90. The van der Waals surface area contributed by atoms with Crippen LogP contribution in [0.25, 0.3) is 0 Å². The van der Waals surface area contributed by atoms with Gasteiger partial charge < -0.3 is 15.2 Å². The molecule has 0 spiro atoms. The molecule has 1 aromatic carbocycles. The fraction of sp³-hybridized carbons (Fsp3) is 0.600. The second-order valence-electron chi connectivity index (χ2n) is 5.22. The van der Waals surface area contributed by atoms with Crippen LogP contribution in [0.15, 0.2) is 18.2 Å². The zero-order valence-electron chi connectivity index (χ0n) is 12.0. The Morgan fingerprint density at radius 3 is 2.68 bits per heavy atom. The molecule has 0 unspecified atom stereocenters. The number of halogens is 1. The summed E-state index contributed by atoms with van der Waals surface area (Å²) in [6.45, 7) is 8.11. The van der Waals surface area contributed by atoms with Crippen molar-refractivity contribution in [1.29, 1.82) is 0 Å². The molecular formula is C15H24FNO2. The smallest absolute Gasteiger partial charge is 0.165 e. The second kappa shape index (κ2) is 7.46. The highest BCUT2D eigenvalue weighted by Crippen LogP contribution is 2.27. The van der Waals surface area contributed by atoms with Gasteiger partial charge in [0.2, 0.25) is 0 Å². The van der Waals surface area contributed by atoms with E-state index in [0.29, 0.717) is 12.4 Å². The van der Waals surface area contributed by atoms with Crippen LogP contribution >= 0.6 is 0 Å². The van der Waals surface area contributed by atoms with Crippen LogP contribution in [0.3, 0.4) is 0 Å². The van der Waals surface area contributed by atoms with Crippen molar-refractivity contribution in [2.45, 2.75) is 32.6 Å². The van der Waals surface area contributed by atoms with Crippen LogP contribution in [0.2, 0.25) is 0 Å². The van der Waals surface area contributed by atoms with Crippen LogP contribution in [0.1, 0.15) is 32.8 Å². The summed E-state index contributed by atoms with van der Waals surface area (Å²) in [4.78, 5) is 0. The van der Waals surface area contributed by atoms with Crippen molar-refractivity contribution >= 4 is 0 Å². The predicted molar refractivity (Wildman–Crippen MR) is 75.2 cm³/mol. The second-order valence-corrected chi connectivity index (χ2v) is 5.22. The number of rotatable bonds is 8. The Morgan fingerprint density at radius 1 is 1.37 bits per heavy atom. The number of hydrogen-bond donors (Lipinski definition) is 2. The van der Waals surface area contributed by atoms with E-state index >= 15 is 0 Å². The molecule has 0 bridgehead atoms. The predicted octanol–water partition coefficient (Wildman–Crippen LogP) is 2.47. The molecule has 0 aliphatic rings. The number of nitrogens with one attached hydrogen (secondary N) is 1. The van der Waals surface area contributed by atoms with E-state index in [1.165, 1.54) is 0 Å². The third kappa shape index (κ3) is 4.80. The summed E-state index contributed by atoms with van der Waals surface area (Å²) in [5.41, 5.74) is 0.770. The Kier molecular flexibility index (Phi) is 6.25. The van der Waals surface area contributed by atoms with E-state index in [9.17, 15) is 4.39 Å². The van der Waals surface area contributed by atoms with Gasteiger partial charge in [0.15, 0.2) is 11.6 Å². The van der Waals surface area contributed by atoms with Crippen molar-refractivity contribution in [1.82, 2.24) is 5.32 Å². The molecule has 0 aliphatic carbocycles. The zero-order valence-corrected chi connectivity index (χ0v) is 12.0. The Hall–Kier alpha value is -1.13. The van der Waals surface area contributed by atoms with Crippen molar-refractivity contribution < 1.29 is 14.2 Å². The van der Waals surface area contributed by atoms with E-state index in [1.54, 1.807) is 12.1 Å². The molecule has 0 saturated heterocycles. The quantitative estimate of drug-likeness (QED) is 0.712. The molecule has 0 fully saturated rings. The maximum Gasteiger partial charge on any atom is 0.165 e. The Morgan fingerprint density at radius 2 is 2.11 bits per heavy atom. The molecule has 0 atom stereocenters. The highest BCUT2D eigenvalue weighted by atomic mass is 19.1. The third-order valence-electron chi connectivity index (χ3n) is 3.09. The van der Waals surface area contributed by atoms with Crippen LogP contribution in [0.4, 0.5) is 4.39 Å². The van der Waals surface area contributed by atoms with Crippen LogP contribution in [-0.2, 0) is 5.41 Å². The van der Waals surface area contributed by atoms with Gasteiger partial charge >= 0.3 is 0 Å². The van der Waals surface area contributed by atoms with E-state index in [1.807, 2.05) is 13.0 Å². The van der Waals surface area contributed by atoms with E-state index in [-0.39, 0.29) is 17.8 Å². The first kappa shape index (κ1) is 15.9. The van der Waals surface area contributed by atoms with Crippen molar-refractivity contribution in [2.24, 2.45) is 0 Å². The summed E-state index contributed by atoms with van der Waals surface area (Å²) in [5, 5.41) is 12.0. The summed E-state index contributed by atoms with van der Waals surface area (Å²) in [7, 11) is 0. The lowest BCUT2D eigenvalue weighted by atomic mass is 9.84. The van der Waals surface area contributed by atoms with Gasteiger partial charge in [0.1, 0.15) is 0 Å². The van der Waals surface area contributed by atoms with Crippen molar-refractivity contribution in [3.8, 4) is 5.75 Å². The van der Waals surface area contributed by atoms with Crippen molar-refractivity contribution in [3.63, 3.8) is 0 Å². The van der Waals surface area contributed by atoms with Gasteiger partial charge in [0.25, 0.3) is 0 Å². The molecule has 1 rings (SSSR count). The van der Waals surface area contributed by atoms with Crippen molar-refractivity contribution in [2.75, 3.05) is 26.3 Å². The largest absolute Gasteiger partial charge is 0.491 e. The highest BCUT2D eigenvalue weighted by molar-refractivity contribution is 5.33. The lowest BCUT2D eigenvalue weighted by Gasteiger charge is -2.26. The maximum atomic E-state index is 13.8. The summed E-state index contributed by atoms with van der Waals surface area (Å²) < 4.78 is 19.0. The molecule has 108 valence electrons. The van der Waals surface area contributed by atoms with Gasteiger partial charge in [-0.3, -0.25) is 0 Å². The lowest BCUT2D eigenvalue weighted by Crippen LogP contribution is -2.33. The van der Waals surface area contributed by atoms with E-state index in [0.717, 1.165) is 25.1 Å². The van der Waals surface area contributed by atoms with Crippen molar-refractivity contribution in [3.05, 3.63) is 29.6 Å². The molecule has 4 heteroatoms. The molecule has 0 aromatic heterocycles. The number of benzene rings is 1. The number of aliphatic hydroxyl groups excluding tert-OH is 1. The minimum atomic E-state index is -0.317. The molecule has 0 amide bonds. The van der Waals surface area contributed by atoms with E-state index in [2.05, 4.69) is 19.2 Å². The minimum absolute atomic E-state index is 0.166. The minimum Gasteiger partial charge on any atom is -0.491 e. The highest BCUT2D eigenvalue weighted by Gasteiger charge is 2.21. The Bertz CT molecular complexity index is 394. The summed E-state index contributed by atoms with van der Waals surface area (Å²) in [5.74, 6) is -0.0157. The topological polar surface area (TPSA) is 41.5 Å². The average molecular weight is 269 g/mol. The normalized spacial score (nSPS) is 11.6. The molecular weight excluding hydrogens is 245 g/mol. The van der Waals surface area contributed by atoms with Gasteiger partial charge in [-0.1, -0.05) is 19.9 Å². The van der Waals surface area contributed by atoms with Crippen LogP contribution in [-0.4, -0.2) is 31.4 Å². The van der Waals surface area contributed by atoms with Gasteiger partial charge in [-0.2, -0.15) is 0 Å². The molecule has 3 nitrogen and oxygen atoms in total. The molecule has 0 saturated carbocycles. The number of aliphatic hydroxyl groups is 1. The Labute approximate surface area is 114 Å². The first-order chi connectivity index (χ1) is 9.01. The summed E-state index contributed by atoms with van der Waals surface area (Å²) in [6, 6.07) is 5.13. The van der Waals surface area contributed by atoms with E-state index < -0.39 is 0 Å². The fourth-order valence-electron chi connectivity index (χ4n) is 1.90. The Balaban J connectivity index is 2.69. The number of ether oxygens (including phenoxy) is 1. The van der Waals surface area contributed by atoms with Gasteiger partial charge in [-0.05, 0) is 37.6 Å². The van der Waals surface area contributed by atoms with Gasteiger partial charge in [0.05, 0.1) is 6.61 Å². The van der Waals surface area contributed by atoms with Crippen LogP contribution in [0, 0.1) is 5.82 Å². The van der Waals surface area contributed by atoms with Gasteiger partial charge in [0, 0.05) is 18.6 Å². The lowest BCUT2D eigenvalue weighted by molar-refractivity contribution is 0.284. The molecule has 0 heterocycles. The third-order valence-corrected chi connectivity index (χ3v) is 3.09. The van der Waals surface area contributed by atoms with E-state index in [4.69, 9.17) is 9.84 Å². The average Bonchev–Trinajstić information content (AvgIpc) is 2.37. The van der Waals surface area contributed by atoms with Crippen LogP contribution < -0.4 is 10.1 Å². The summed E-state index contributed by atoms with van der Waals surface area (Å²) in [6.07, 6.45) is 0.730. The standard InChI is InChI=1S/C15H24FNO2/c1-4-19-14-7-6-12(10-13(14)16)15(2,3)11-17-8-5-9-18/h6-7,10,17-18H,4-5,8-9,11H2,1-3H3. The van der Waals surface area contributed by atoms with Gasteiger partial charge in [-0.25, -0.2) is 4.39 Å². The van der Waals surface area contributed by atoms with Crippen LogP contribution in [0.5, 0.6) is 5.75 Å². The first-order valence-electron chi connectivity index (χ1n) is 6.75. The van der Waals surface area contributed by atoms with Gasteiger partial charge in [-0.15, -0.1) is 0 Å². The summed E-state index contributed by atoms with van der Waals surface area (Å²) >= 11 is 0. The molecule has 19 heavy (non-hydrogen) atoms. The zero-order chi connectivity index (χ0) is 14.3. The first-order valence-corrected chi connectivity index (χ1v) is 6.75. The SMILES string of the molecule is CCOc1ccc(C(C)(C)CNCCCO)cc1F.